The zero-order valence-corrected chi connectivity index (χ0v) is 6.81. The molecule has 1 saturated heterocycles. The van der Waals surface area contributed by atoms with Crippen molar-refractivity contribution in [3.63, 3.8) is 0 Å². The van der Waals surface area contributed by atoms with E-state index in [1.54, 1.807) is 0 Å². The van der Waals surface area contributed by atoms with Gasteiger partial charge in [0.1, 0.15) is 0 Å². The normalized spacial score (nSPS) is 24.1. The van der Waals surface area contributed by atoms with Gasteiger partial charge in [0.05, 0.1) is 0 Å². The van der Waals surface area contributed by atoms with Crippen LogP contribution in [0.1, 0.15) is 12.8 Å². The maximum absolute atomic E-state index is 2.60. The molecule has 0 aromatic carbocycles. The molecule has 0 aromatic rings. The summed E-state index contributed by atoms with van der Waals surface area (Å²) in [7, 11) is 0. The van der Waals surface area contributed by atoms with E-state index in [9.17, 15) is 0 Å². The van der Waals surface area contributed by atoms with Gasteiger partial charge in [0, 0.05) is 0 Å². The van der Waals surface area contributed by atoms with Crippen LogP contribution in [0.25, 0.3) is 0 Å². The number of hydrogen-bond donors (Lipinski definition) is 0. The quantitative estimate of drug-likeness (QED) is 0.269. The first-order valence-electron chi connectivity index (χ1n) is 2.68. The molecule has 0 spiro atoms. The van der Waals surface area contributed by atoms with Crippen molar-refractivity contribution >= 4 is 0 Å². The van der Waals surface area contributed by atoms with Crippen LogP contribution in [-0.4, -0.2) is 21.1 Å². The average molecular weight is 212 g/mol. The van der Waals surface area contributed by atoms with Crippen molar-refractivity contribution in [2.45, 2.75) is 12.8 Å². The molecule has 2 heteroatoms. The Kier molecular flexibility index (Phi) is 2.38. The van der Waals surface area contributed by atoms with E-state index in [0.717, 1.165) is 0 Å². The summed E-state index contributed by atoms with van der Waals surface area (Å²) in [6, 6.07) is 0. The first-order valence-corrected chi connectivity index (χ1v) is 5.80. The molecule has 7 heavy (non-hydrogen) atoms. The van der Waals surface area contributed by atoms with Crippen molar-refractivity contribution in [1.82, 2.24) is 3.11 Å². The molecule has 44 valence electrons. The predicted molar refractivity (Wildman–Crippen MR) is 26.7 cm³/mol. The van der Waals surface area contributed by atoms with Gasteiger partial charge in [-0.2, -0.15) is 0 Å². The molecule has 1 aliphatic heterocycles. The molecule has 1 heterocycles. The van der Waals surface area contributed by atoms with Crippen LogP contribution in [0.3, 0.4) is 0 Å². The summed E-state index contributed by atoms with van der Waals surface area (Å²) in [6.45, 7) is 2.79. The third-order valence-electron chi connectivity index (χ3n) is 1.29. The van der Waals surface area contributed by atoms with Gasteiger partial charge >= 0.3 is 55.5 Å². The Labute approximate surface area is 55.7 Å². The molecule has 1 nitrogen and oxygen atoms in total. The molecule has 1 fully saturated rings. The summed E-state index contributed by atoms with van der Waals surface area (Å²) in [5.41, 5.74) is 0. The van der Waals surface area contributed by atoms with Crippen LogP contribution in [0, 0.1) is 0 Å². The van der Waals surface area contributed by atoms with E-state index in [1.165, 1.54) is 25.9 Å². The average Bonchev–Trinajstić information content (AvgIpc) is 2.14. The minimum atomic E-state index is 0.437. The summed E-state index contributed by atoms with van der Waals surface area (Å²) in [6.07, 6.45) is 2.90. The number of rotatable bonds is 1. The zero-order chi connectivity index (χ0) is 5.11. The standard InChI is InChI=1S/C5H11IN/c1-6-7-4-2-3-5-7/h2-5H2,1H3/q-1. The van der Waals surface area contributed by atoms with Gasteiger partial charge in [-0.3, -0.25) is 0 Å². The zero-order valence-electron chi connectivity index (χ0n) is 4.65. The molecule has 0 saturated carbocycles. The number of halogens is 1. The van der Waals surface area contributed by atoms with Crippen LogP contribution >= 0.6 is 0 Å². The molecular weight excluding hydrogens is 201 g/mol. The first-order chi connectivity index (χ1) is 3.43. The van der Waals surface area contributed by atoms with Gasteiger partial charge in [-0.25, -0.2) is 0 Å². The summed E-state index contributed by atoms with van der Waals surface area (Å²) in [4.78, 5) is 2.34. The van der Waals surface area contributed by atoms with E-state index in [2.05, 4.69) is 8.04 Å². The van der Waals surface area contributed by atoms with Gasteiger partial charge in [-0.1, -0.05) is 0 Å². The van der Waals surface area contributed by atoms with E-state index in [0.29, 0.717) is 21.5 Å². The Morgan fingerprint density at radius 2 is 1.86 bits per heavy atom. The molecule has 0 aromatic heterocycles. The third-order valence-corrected chi connectivity index (χ3v) is 3.62. The Hall–Kier alpha value is 0.690. The molecule has 0 atom stereocenters. The van der Waals surface area contributed by atoms with Crippen molar-refractivity contribution in [1.29, 1.82) is 0 Å². The van der Waals surface area contributed by atoms with Crippen molar-refractivity contribution in [3.8, 4) is 0 Å². The van der Waals surface area contributed by atoms with Gasteiger partial charge in [0.25, 0.3) is 0 Å². The Morgan fingerprint density at radius 3 is 2.14 bits per heavy atom. The van der Waals surface area contributed by atoms with Crippen LogP contribution < -0.4 is 21.5 Å². The van der Waals surface area contributed by atoms with Gasteiger partial charge < -0.3 is 0 Å². The molecule has 0 radical (unpaired) electrons. The van der Waals surface area contributed by atoms with Gasteiger partial charge in [0.15, 0.2) is 0 Å². The minimum absolute atomic E-state index is 0.437. The van der Waals surface area contributed by atoms with Crippen molar-refractivity contribution in [2.75, 3.05) is 18.0 Å². The van der Waals surface area contributed by atoms with Gasteiger partial charge in [-0.05, 0) is 0 Å². The summed E-state index contributed by atoms with van der Waals surface area (Å²) < 4.78 is 2.60. The molecule has 1 rings (SSSR count). The van der Waals surface area contributed by atoms with Crippen LogP contribution in [0.15, 0.2) is 0 Å². The van der Waals surface area contributed by atoms with Gasteiger partial charge in [-0.15, -0.1) is 0 Å². The monoisotopic (exact) mass is 212 g/mol. The fourth-order valence-electron chi connectivity index (χ4n) is 0.848. The SMILES string of the molecule is C[I-]N1CCCC1. The Bertz CT molecular complexity index is 50.0. The topological polar surface area (TPSA) is 3.24 Å². The van der Waals surface area contributed by atoms with E-state index in [4.69, 9.17) is 0 Å². The van der Waals surface area contributed by atoms with E-state index >= 15 is 0 Å². The van der Waals surface area contributed by atoms with Crippen molar-refractivity contribution in [2.24, 2.45) is 0 Å². The van der Waals surface area contributed by atoms with Crippen LogP contribution in [-0.2, 0) is 0 Å². The Morgan fingerprint density at radius 1 is 1.29 bits per heavy atom. The second-order valence-corrected chi connectivity index (χ2v) is 4.12. The number of hydrogen-bond acceptors (Lipinski definition) is 1. The summed E-state index contributed by atoms with van der Waals surface area (Å²) in [5.74, 6) is 0. The third kappa shape index (κ3) is 1.57. The van der Waals surface area contributed by atoms with Gasteiger partial charge in [0.2, 0.25) is 0 Å². The molecular formula is C5H11IN-. The van der Waals surface area contributed by atoms with E-state index < -0.39 is 0 Å². The molecule has 0 aliphatic carbocycles. The van der Waals surface area contributed by atoms with E-state index in [1.807, 2.05) is 0 Å². The van der Waals surface area contributed by atoms with Crippen LogP contribution in [0.5, 0.6) is 0 Å². The molecule has 0 unspecified atom stereocenters. The number of nitrogens with zero attached hydrogens (tertiary/aromatic N) is 1. The Balaban J connectivity index is 2.14. The first kappa shape index (κ1) is 5.82. The van der Waals surface area contributed by atoms with Crippen molar-refractivity contribution < 1.29 is 21.5 Å². The second-order valence-electron chi connectivity index (χ2n) is 1.79. The predicted octanol–water partition coefficient (Wildman–Crippen LogP) is -2.28. The maximum atomic E-state index is 2.60. The molecule has 0 bridgehead atoms. The van der Waals surface area contributed by atoms with Crippen molar-refractivity contribution in [3.05, 3.63) is 0 Å². The van der Waals surface area contributed by atoms with E-state index in [-0.39, 0.29) is 0 Å². The second kappa shape index (κ2) is 2.87. The fourth-order valence-corrected chi connectivity index (χ4v) is 2.49. The molecule has 0 N–H and O–H groups in total. The van der Waals surface area contributed by atoms with Crippen LogP contribution in [0.4, 0.5) is 0 Å². The van der Waals surface area contributed by atoms with Crippen LogP contribution in [0.2, 0.25) is 0 Å². The number of alkyl halides is 1. The fraction of sp³-hybridized carbons (Fsp3) is 1.00. The molecule has 0 amide bonds. The summed E-state index contributed by atoms with van der Waals surface area (Å²) in [5, 5.41) is 0. The molecule has 1 aliphatic rings. The summed E-state index contributed by atoms with van der Waals surface area (Å²) >= 11 is 0.437.